The van der Waals surface area contributed by atoms with E-state index in [0.717, 1.165) is 22.2 Å². The quantitative estimate of drug-likeness (QED) is 0.528. The van der Waals surface area contributed by atoms with Gasteiger partial charge in [-0.15, -0.1) is 0 Å². The first-order valence-electron chi connectivity index (χ1n) is 5.99. The van der Waals surface area contributed by atoms with Gasteiger partial charge in [0.1, 0.15) is 0 Å². The fourth-order valence-corrected chi connectivity index (χ4v) is 2.43. The van der Waals surface area contributed by atoms with Gasteiger partial charge in [-0.25, -0.2) is 9.97 Å². The maximum absolute atomic E-state index is 5.41. The number of hydrogen-bond donors (Lipinski definition) is 1. The molecule has 1 aromatic heterocycles. The Labute approximate surface area is 117 Å². The third-order valence-electron chi connectivity index (χ3n) is 2.47. The Morgan fingerprint density at radius 1 is 1.26 bits per heavy atom. The van der Waals surface area contributed by atoms with Gasteiger partial charge in [0, 0.05) is 23.2 Å². The molecule has 0 bridgehead atoms. The minimum atomic E-state index is 0.377. The van der Waals surface area contributed by atoms with Crippen molar-refractivity contribution < 1.29 is 0 Å². The summed E-state index contributed by atoms with van der Waals surface area (Å²) < 4.78 is 0. The van der Waals surface area contributed by atoms with E-state index in [9.17, 15) is 0 Å². The van der Waals surface area contributed by atoms with Crippen molar-refractivity contribution in [1.29, 1.82) is 0 Å². The third kappa shape index (κ3) is 4.09. The van der Waals surface area contributed by atoms with Crippen LogP contribution in [0.3, 0.4) is 0 Å². The van der Waals surface area contributed by atoms with Crippen LogP contribution >= 0.6 is 11.8 Å². The summed E-state index contributed by atoms with van der Waals surface area (Å²) in [7, 11) is 0. The fraction of sp³-hybridized carbons (Fsp3) is 0.200. The van der Waals surface area contributed by atoms with Crippen LogP contribution in [0.25, 0.3) is 0 Å². The maximum atomic E-state index is 5.41. The van der Waals surface area contributed by atoms with E-state index in [4.69, 9.17) is 5.73 Å². The molecule has 2 aromatic rings. The van der Waals surface area contributed by atoms with Gasteiger partial charge in [0.2, 0.25) is 0 Å². The van der Waals surface area contributed by atoms with Crippen LogP contribution in [0.15, 0.2) is 41.7 Å². The predicted molar refractivity (Wildman–Crippen MR) is 78.7 cm³/mol. The standard InChI is InChI=1S/C15H15N3S/c1-12-8-10-17-15(18-12)19-11-14-6-3-2-5-13(14)7-4-9-16/h2-3,5-6,8,10H,9,11,16H2,1H3. The SMILES string of the molecule is Cc1ccnc(SCc2ccccc2C#CCN)n1. The Kier molecular flexibility index (Phi) is 4.96. The molecule has 19 heavy (non-hydrogen) atoms. The minimum Gasteiger partial charge on any atom is -0.320 e. The Bertz CT molecular complexity index is 614. The van der Waals surface area contributed by atoms with Gasteiger partial charge in [-0.1, -0.05) is 41.8 Å². The maximum Gasteiger partial charge on any atom is 0.188 e. The Hall–Kier alpha value is -1.83. The first-order valence-corrected chi connectivity index (χ1v) is 6.97. The highest BCUT2D eigenvalue weighted by molar-refractivity contribution is 7.98. The summed E-state index contributed by atoms with van der Waals surface area (Å²) >= 11 is 1.61. The molecule has 96 valence electrons. The van der Waals surface area contributed by atoms with Gasteiger partial charge >= 0.3 is 0 Å². The van der Waals surface area contributed by atoms with Gasteiger partial charge in [-0.3, -0.25) is 0 Å². The van der Waals surface area contributed by atoms with Crippen molar-refractivity contribution >= 4 is 11.8 Å². The zero-order chi connectivity index (χ0) is 13.5. The molecule has 0 spiro atoms. The van der Waals surface area contributed by atoms with Gasteiger partial charge in [0.25, 0.3) is 0 Å². The van der Waals surface area contributed by atoms with Crippen LogP contribution in [-0.2, 0) is 5.75 Å². The molecule has 0 aliphatic rings. The van der Waals surface area contributed by atoms with Crippen LogP contribution in [0.1, 0.15) is 16.8 Å². The van der Waals surface area contributed by atoms with Gasteiger partial charge < -0.3 is 5.73 Å². The molecule has 1 aromatic carbocycles. The fourth-order valence-electron chi connectivity index (χ4n) is 1.55. The molecule has 4 heteroatoms. The summed E-state index contributed by atoms with van der Waals surface area (Å²) in [6.45, 7) is 2.34. The summed E-state index contributed by atoms with van der Waals surface area (Å²) in [5.41, 5.74) is 8.59. The van der Waals surface area contributed by atoms with Gasteiger partial charge in [-0.05, 0) is 24.6 Å². The lowest BCUT2D eigenvalue weighted by atomic mass is 10.1. The van der Waals surface area contributed by atoms with E-state index in [1.165, 1.54) is 5.56 Å². The Morgan fingerprint density at radius 3 is 2.89 bits per heavy atom. The monoisotopic (exact) mass is 269 g/mol. The van der Waals surface area contributed by atoms with Crippen LogP contribution in [-0.4, -0.2) is 16.5 Å². The highest BCUT2D eigenvalue weighted by atomic mass is 32.2. The molecule has 0 atom stereocenters. The summed E-state index contributed by atoms with van der Waals surface area (Å²) in [6.07, 6.45) is 1.78. The van der Waals surface area contributed by atoms with Crippen LogP contribution in [0.4, 0.5) is 0 Å². The smallest absolute Gasteiger partial charge is 0.188 e. The second-order valence-electron chi connectivity index (χ2n) is 3.93. The molecule has 0 aliphatic heterocycles. The average Bonchev–Trinajstić information content (AvgIpc) is 2.44. The van der Waals surface area contributed by atoms with E-state index in [2.05, 4.69) is 27.9 Å². The van der Waals surface area contributed by atoms with E-state index < -0.39 is 0 Å². The largest absolute Gasteiger partial charge is 0.320 e. The Balaban J connectivity index is 2.11. The van der Waals surface area contributed by atoms with Crippen molar-refractivity contribution in [2.75, 3.05) is 6.54 Å². The molecular formula is C15H15N3S. The second-order valence-corrected chi connectivity index (χ2v) is 4.87. The lowest BCUT2D eigenvalue weighted by Gasteiger charge is -2.04. The van der Waals surface area contributed by atoms with Crippen LogP contribution in [0.5, 0.6) is 0 Å². The Morgan fingerprint density at radius 2 is 2.11 bits per heavy atom. The van der Waals surface area contributed by atoms with Gasteiger partial charge in [-0.2, -0.15) is 0 Å². The minimum absolute atomic E-state index is 0.377. The lowest BCUT2D eigenvalue weighted by molar-refractivity contribution is 0.932. The highest BCUT2D eigenvalue weighted by Crippen LogP contribution is 2.21. The molecule has 0 fully saturated rings. The molecule has 1 heterocycles. The summed E-state index contributed by atoms with van der Waals surface area (Å²) in [5, 5.41) is 0.793. The molecule has 2 N–H and O–H groups in total. The summed E-state index contributed by atoms with van der Waals surface area (Å²) in [6, 6.07) is 9.97. The number of rotatable bonds is 3. The van der Waals surface area contributed by atoms with Crippen molar-refractivity contribution in [3.63, 3.8) is 0 Å². The zero-order valence-corrected chi connectivity index (χ0v) is 11.6. The number of nitrogens with zero attached hydrogens (tertiary/aromatic N) is 2. The van der Waals surface area contributed by atoms with E-state index in [1.807, 2.05) is 31.2 Å². The van der Waals surface area contributed by atoms with Crippen molar-refractivity contribution in [3.05, 3.63) is 53.3 Å². The predicted octanol–water partition coefficient (Wildman–Crippen LogP) is 2.39. The lowest BCUT2D eigenvalue weighted by Crippen LogP contribution is -1.94. The molecule has 0 radical (unpaired) electrons. The van der Waals surface area contributed by atoms with Crippen LogP contribution in [0.2, 0.25) is 0 Å². The molecule has 0 aliphatic carbocycles. The van der Waals surface area contributed by atoms with E-state index >= 15 is 0 Å². The van der Waals surface area contributed by atoms with E-state index in [-0.39, 0.29) is 0 Å². The summed E-state index contributed by atoms with van der Waals surface area (Å²) in [5.74, 6) is 6.79. The third-order valence-corrected chi connectivity index (χ3v) is 3.38. The molecule has 2 rings (SSSR count). The molecule has 0 saturated heterocycles. The number of benzene rings is 1. The average molecular weight is 269 g/mol. The van der Waals surface area contributed by atoms with Crippen LogP contribution < -0.4 is 5.73 Å². The summed E-state index contributed by atoms with van der Waals surface area (Å²) in [4.78, 5) is 8.62. The highest BCUT2D eigenvalue weighted by Gasteiger charge is 2.02. The normalized spacial score (nSPS) is 9.79. The second kappa shape index (κ2) is 6.93. The van der Waals surface area contributed by atoms with Crippen molar-refractivity contribution in [2.24, 2.45) is 5.73 Å². The van der Waals surface area contributed by atoms with Gasteiger partial charge in [0.15, 0.2) is 5.16 Å². The topological polar surface area (TPSA) is 51.8 Å². The molecule has 0 unspecified atom stereocenters. The van der Waals surface area contributed by atoms with Gasteiger partial charge in [0.05, 0.1) is 6.54 Å². The number of nitrogens with two attached hydrogens (primary N) is 1. The first kappa shape index (κ1) is 13.6. The molecule has 0 saturated carbocycles. The van der Waals surface area contributed by atoms with E-state index in [0.29, 0.717) is 6.54 Å². The van der Waals surface area contributed by atoms with Crippen LogP contribution in [0, 0.1) is 18.8 Å². The van der Waals surface area contributed by atoms with Crippen molar-refractivity contribution in [3.8, 4) is 11.8 Å². The van der Waals surface area contributed by atoms with E-state index in [1.54, 1.807) is 18.0 Å². The number of aryl methyl sites for hydroxylation is 1. The first-order chi connectivity index (χ1) is 9.29. The molecular weight excluding hydrogens is 254 g/mol. The zero-order valence-electron chi connectivity index (χ0n) is 10.8. The molecule has 0 amide bonds. The number of aromatic nitrogens is 2. The van der Waals surface area contributed by atoms with Crippen molar-refractivity contribution in [1.82, 2.24) is 9.97 Å². The van der Waals surface area contributed by atoms with Crippen molar-refractivity contribution in [2.45, 2.75) is 17.8 Å². The molecule has 3 nitrogen and oxygen atoms in total. The number of thioether (sulfide) groups is 1. The number of hydrogen-bond acceptors (Lipinski definition) is 4.